The van der Waals surface area contributed by atoms with Crippen molar-refractivity contribution in [3.63, 3.8) is 0 Å². The fourth-order valence-electron chi connectivity index (χ4n) is 3.47. The van der Waals surface area contributed by atoms with Crippen LogP contribution in [-0.4, -0.2) is 47.0 Å². The molecule has 0 unspecified atom stereocenters. The van der Waals surface area contributed by atoms with Crippen molar-refractivity contribution in [1.82, 2.24) is 14.8 Å². The molecule has 3 aromatic rings. The van der Waals surface area contributed by atoms with Gasteiger partial charge >= 0.3 is 0 Å². The van der Waals surface area contributed by atoms with E-state index in [1.54, 1.807) is 34.5 Å². The number of morpholine rings is 1. The highest BCUT2D eigenvalue weighted by molar-refractivity contribution is 7.09. The molecule has 0 bridgehead atoms. The van der Waals surface area contributed by atoms with Crippen LogP contribution >= 0.6 is 11.3 Å². The molecule has 162 valence electrons. The smallest absolute Gasteiger partial charge is 0.273 e. The fourth-order valence-corrected chi connectivity index (χ4v) is 4.27. The summed E-state index contributed by atoms with van der Waals surface area (Å²) in [5, 5.41) is 2.61. The molecule has 2 heterocycles. The average Bonchev–Trinajstić information content (AvgIpc) is 3.25. The Hall–Kier alpha value is -2.68. The van der Waals surface area contributed by atoms with E-state index in [1.165, 1.54) is 35.6 Å². The van der Waals surface area contributed by atoms with E-state index in [4.69, 9.17) is 4.74 Å². The van der Waals surface area contributed by atoms with Crippen LogP contribution in [-0.2, 0) is 24.4 Å². The molecule has 0 saturated carbocycles. The van der Waals surface area contributed by atoms with Crippen LogP contribution in [0.3, 0.4) is 0 Å². The molecule has 4 rings (SSSR count). The molecule has 1 aliphatic rings. The highest BCUT2D eigenvalue weighted by Crippen LogP contribution is 2.19. The van der Waals surface area contributed by atoms with Crippen molar-refractivity contribution >= 4 is 17.2 Å². The number of thiazole rings is 1. The summed E-state index contributed by atoms with van der Waals surface area (Å²) in [6.07, 6.45) is 0. The second kappa shape index (κ2) is 10.1. The number of nitrogens with zero attached hydrogens (tertiary/aromatic N) is 3. The summed E-state index contributed by atoms with van der Waals surface area (Å²) >= 11 is 1.44. The minimum absolute atomic E-state index is 0.0746. The van der Waals surface area contributed by atoms with Crippen molar-refractivity contribution in [2.24, 2.45) is 0 Å². The Morgan fingerprint density at radius 2 is 1.48 bits per heavy atom. The number of ether oxygens (including phenoxy) is 1. The molecule has 1 fully saturated rings. The quantitative estimate of drug-likeness (QED) is 0.552. The van der Waals surface area contributed by atoms with Crippen LogP contribution < -0.4 is 0 Å². The number of carbonyl (C=O) groups excluding carboxylic acids is 1. The van der Waals surface area contributed by atoms with Crippen molar-refractivity contribution in [3.05, 3.63) is 87.4 Å². The van der Waals surface area contributed by atoms with Gasteiger partial charge in [-0.05, 0) is 35.4 Å². The van der Waals surface area contributed by atoms with Crippen molar-refractivity contribution < 1.29 is 18.3 Å². The first-order valence-electron chi connectivity index (χ1n) is 10.1. The van der Waals surface area contributed by atoms with Crippen LogP contribution in [0.5, 0.6) is 0 Å². The molecule has 1 saturated heterocycles. The molecule has 0 atom stereocenters. The molecule has 2 aromatic carbocycles. The van der Waals surface area contributed by atoms with Gasteiger partial charge in [-0.2, -0.15) is 0 Å². The third-order valence-corrected chi connectivity index (χ3v) is 5.90. The fraction of sp³-hybridized carbons (Fsp3) is 0.304. The number of aromatic nitrogens is 1. The second-order valence-electron chi connectivity index (χ2n) is 7.43. The lowest BCUT2D eigenvalue weighted by molar-refractivity contribution is 0.0299. The Bertz CT molecular complexity index is 955. The largest absolute Gasteiger partial charge is 0.378 e. The predicted octanol–water partition coefficient (Wildman–Crippen LogP) is 4.10. The van der Waals surface area contributed by atoms with Gasteiger partial charge in [0, 0.05) is 31.6 Å². The van der Waals surface area contributed by atoms with Crippen LogP contribution in [0.15, 0.2) is 53.9 Å². The van der Waals surface area contributed by atoms with E-state index in [1.807, 2.05) is 0 Å². The zero-order valence-electron chi connectivity index (χ0n) is 17.0. The molecule has 0 spiro atoms. The van der Waals surface area contributed by atoms with Gasteiger partial charge in [-0.15, -0.1) is 11.3 Å². The van der Waals surface area contributed by atoms with Gasteiger partial charge in [0.25, 0.3) is 5.91 Å². The highest BCUT2D eigenvalue weighted by Gasteiger charge is 2.21. The third kappa shape index (κ3) is 5.94. The summed E-state index contributed by atoms with van der Waals surface area (Å²) in [4.78, 5) is 21.1. The molecule has 1 aliphatic heterocycles. The Labute approximate surface area is 183 Å². The lowest BCUT2D eigenvalue weighted by atomic mass is 10.1. The first kappa shape index (κ1) is 21.5. The first-order chi connectivity index (χ1) is 15.1. The van der Waals surface area contributed by atoms with Gasteiger partial charge in [0.05, 0.1) is 19.8 Å². The minimum Gasteiger partial charge on any atom is -0.378 e. The van der Waals surface area contributed by atoms with Crippen molar-refractivity contribution in [1.29, 1.82) is 0 Å². The lowest BCUT2D eigenvalue weighted by Crippen LogP contribution is -2.40. The minimum atomic E-state index is -0.278. The van der Waals surface area contributed by atoms with Gasteiger partial charge < -0.3 is 9.64 Å². The van der Waals surface area contributed by atoms with E-state index in [2.05, 4.69) is 9.88 Å². The van der Waals surface area contributed by atoms with Crippen LogP contribution in [0, 0.1) is 11.6 Å². The molecule has 5 nitrogen and oxygen atoms in total. The topological polar surface area (TPSA) is 45.7 Å². The van der Waals surface area contributed by atoms with Gasteiger partial charge in [-0.1, -0.05) is 24.3 Å². The van der Waals surface area contributed by atoms with E-state index in [0.717, 1.165) is 16.1 Å². The van der Waals surface area contributed by atoms with Gasteiger partial charge in [-0.25, -0.2) is 13.8 Å². The summed E-state index contributed by atoms with van der Waals surface area (Å²) in [5.74, 6) is -0.630. The molecule has 31 heavy (non-hydrogen) atoms. The number of benzene rings is 2. The lowest BCUT2D eigenvalue weighted by Gasteiger charge is -2.26. The molecule has 0 radical (unpaired) electrons. The number of amides is 1. The molecular weight excluding hydrogens is 420 g/mol. The van der Waals surface area contributed by atoms with Crippen LogP contribution in [0.2, 0.25) is 0 Å². The summed E-state index contributed by atoms with van der Waals surface area (Å²) in [6.45, 7) is 3.92. The normalized spacial score (nSPS) is 14.2. The summed E-state index contributed by atoms with van der Waals surface area (Å²) < 4.78 is 31.9. The molecule has 0 aliphatic carbocycles. The maximum Gasteiger partial charge on any atom is 0.273 e. The van der Waals surface area contributed by atoms with E-state index in [-0.39, 0.29) is 17.5 Å². The Balaban J connectivity index is 1.48. The van der Waals surface area contributed by atoms with E-state index < -0.39 is 0 Å². The van der Waals surface area contributed by atoms with Crippen LogP contribution in [0.25, 0.3) is 0 Å². The van der Waals surface area contributed by atoms with E-state index in [0.29, 0.717) is 51.6 Å². The van der Waals surface area contributed by atoms with Crippen LogP contribution in [0.4, 0.5) is 8.78 Å². The zero-order valence-corrected chi connectivity index (χ0v) is 17.8. The first-order valence-corrected chi connectivity index (χ1v) is 11.0. The number of hydrogen-bond donors (Lipinski definition) is 0. The average molecular weight is 444 g/mol. The maximum atomic E-state index is 13.3. The van der Waals surface area contributed by atoms with Gasteiger partial charge in [-0.3, -0.25) is 9.69 Å². The second-order valence-corrected chi connectivity index (χ2v) is 8.37. The van der Waals surface area contributed by atoms with Crippen LogP contribution in [0.1, 0.15) is 26.6 Å². The molecule has 0 N–H and O–H groups in total. The molecule has 1 amide bonds. The van der Waals surface area contributed by atoms with Crippen molar-refractivity contribution in [2.75, 3.05) is 26.3 Å². The maximum absolute atomic E-state index is 13.3. The number of carbonyl (C=O) groups is 1. The molecular formula is C23H23F2N3O2S. The Morgan fingerprint density at radius 3 is 2.03 bits per heavy atom. The SMILES string of the molecule is O=C(c1csc(CN(Cc2ccc(F)cc2)Cc2ccc(F)cc2)n1)N1CCOCC1. The van der Waals surface area contributed by atoms with Gasteiger partial charge in [0.15, 0.2) is 0 Å². The molecule has 1 aromatic heterocycles. The summed E-state index contributed by atoms with van der Waals surface area (Å²) in [6, 6.07) is 12.8. The van der Waals surface area contributed by atoms with E-state index in [9.17, 15) is 13.6 Å². The molecule has 8 heteroatoms. The zero-order chi connectivity index (χ0) is 21.6. The van der Waals surface area contributed by atoms with E-state index >= 15 is 0 Å². The Kier molecular flexibility index (Phi) is 7.01. The van der Waals surface area contributed by atoms with Gasteiger partial charge in [0.2, 0.25) is 0 Å². The standard InChI is InChI=1S/C23H23F2N3O2S/c24-19-5-1-17(2-6-19)13-27(14-18-3-7-20(25)8-4-18)15-22-26-21(16-31-22)23(29)28-9-11-30-12-10-28/h1-8,16H,9-15H2. The third-order valence-electron chi connectivity index (χ3n) is 5.07. The summed E-state index contributed by atoms with van der Waals surface area (Å²) in [7, 11) is 0. The Morgan fingerprint density at radius 1 is 0.935 bits per heavy atom. The van der Waals surface area contributed by atoms with Crippen molar-refractivity contribution in [2.45, 2.75) is 19.6 Å². The summed E-state index contributed by atoms with van der Waals surface area (Å²) in [5.41, 5.74) is 2.37. The number of halogens is 2. The van der Waals surface area contributed by atoms with Gasteiger partial charge in [0.1, 0.15) is 22.3 Å². The highest BCUT2D eigenvalue weighted by atomic mass is 32.1. The van der Waals surface area contributed by atoms with Crippen molar-refractivity contribution in [3.8, 4) is 0 Å². The number of rotatable bonds is 7. The number of hydrogen-bond acceptors (Lipinski definition) is 5. The predicted molar refractivity (Wildman–Crippen MR) is 115 cm³/mol. The monoisotopic (exact) mass is 443 g/mol.